The molecule has 0 saturated heterocycles. The van der Waals surface area contributed by atoms with Crippen LogP contribution >= 0.6 is 0 Å². The molecule has 1 nitrogen and oxygen atoms in total. The van der Waals surface area contributed by atoms with Gasteiger partial charge in [0.2, 0.25) is 0 Å². The first kappa shape index (κ1) is 17.3. The fraction of sp³-hybridized carbons (Fsp3) is 0.125. The van der Waals surface area contributed by atoms with Crippen LogP contribution in [0.3, 0.4) is 0 Å². The molecular formula is C16H15Cl2NTi. The van der Waals surface area contributed by atoms with Gasteiger partial charge in [-0.2, -0.15) is 0 Å². The smallest absolute Gasteiger partial charge is 1.00 e. The summed E-state index contributed by atoms with van der Waals surface area (Å²) in [7, 11) is 0. The summed E-state index contributed by atoms with van der Waals surface area (Å²) in [5.74, 6) is 0. The number of hydrogen-bond donors (Lipinski definition) is 1. The number of benzene rings is 1. The summed E-state index contributed by atoms with van der Waals surface area (Å²) in [6.07, 6.45) is 4.36. The summed E-state index contributed by atoms with van der Waals surface area (Å²) >= 11 is -0.280. The molecule has 0 bridgehead atoms. The summed E-state index contributed by atoms with van der Waals surface area (Å²) in [6.45, 7) is 4.41. The maximum atomic E-state index is 3.35. The monoisotopic (exact) mass is 339 g/mol. The van der Waals surface area contributed by atoms with Crippen molar-refractivity contribution in [1.29, 1.82) is 0 Å². The molecule has 20 heavy (non-hydrogen) atoms. The van der Waals surface area contributed by atoms with Gasteiger partial charge >= 0.3 is 116 Å². The van der Waals surface area contributed by atoms with Gasteiger partial charge in [-0.1, -0.05) is 0 Å². The van der Waals surface area contributed by atoms with Crippen molar-refractivity contribution in [2.45, 2.75) is 13.8 Å². The Bertz CT molecular complexity index is 726. The van der Waals surface area contributed by atoms with Gasteiger partial charge in [0.05, 0.1) is 0 Å². The first-order valence-corrected chi connectivity index (χ1v) is 7.71. The molecule has 4 heteroatoms. The fourth-order valence-corrected chi connectivity index (χ4v) is 4.52. The van der Waals surface area contributed by atoms with Crippen molar-refractivity contribution in [3.05, 3.63) is 64.2 Å². The van der Waals surface area contributed by atoms with E-state index >= 15 is 0 Å². The third kappa shape index (κ3) is 3.29. The van der Waals surface area contributed by atoms with Crippen LogP contribution < -0.4 is 39.3 Å². The van der Waals surface area contributed by atoms with E-state index < -0.39 is 0 Å². The van der Waals surface area contributed by atoms with Crippen LogP contribution in [-0.4, -0.2) is 4.98 Å². The van der Waals surface area contributed by atoms with E-state index in [0.29, 0.717) is 0 Å². The maximum Gasteiger partial charge on any atom is -1.00 e. The summed E-state index contributed by atoms with van der Waals surface area (Å²) in [5.41, 5.74) is 2.86. The van der Waals surface area contributed by atoms with Crippen LogP contribution in [0.2, 0.25) is 0 Å². The molecule has 3 rings (SSSR count). The molecule has 0 unspecified atom stereocenters. The van der Waals surface area contributed by atoms with E-state index in [2.05, 4.69) is 61.3 Å². The normalized spacial score (nSPS) is 11.7. The first-order valence-electron chi connectivity index (χ1n) is 6.15. The van der Waals surface area contributed by atoms with Crippen LogP contribution in [0.15, 0.2) is 53.7 Å². The second-order valence-corrected chi connectivity index (χ2v) is 6.74. The minimum Gasteiger partial charge on any atom is -1.00 e. The maximum absolute atomic E-state index is 3.35. The SMILES string of the molecule is CC(C)=C1C=c2ccccc2=[C]1[Ti+2][c]1ccc[nH]1.[Cl-].[Cl-]. The molecular weight excluding hydrogens is 325 g/mol. The minimum atomic E-state index is -0.280. The fourth-order valence-electron chi connectivity index (χ4n) is 2.30. The van der Waals surface area contributed by atoms with Gasteiger partial charge in [0.1, 0.15) is 0 Å². The Hall–Kier alpha value is -0.726. The van der Waals surface area contributed by atoms with Crippen LogP contribution in [0.25, 0.3) is 9.95 Å². The molecule has 1 aliphatic rings. The molecule has 0 spiro atoms. The molecule has 0 amide bonds. The van der Waals surface area contributed by atoms with Crippen LogP contribution in [0.5, 0.6) is 0 Å². The molecule has 1 aromatic heterocycles. The zero-order valence-corrected chi connectivity index (χ0v) is 14.4. The van der Waals surface area contributed by atoms with E-state index in [0.717, 1.165) is 0 Å². The molecule has 1 heterocycles. The van der Waals surface area contributed by atoms with Gasteiger partial charge in [0.25, 0.3) is 0 Å². The van der Waals surface area contributed by atoms with Crippen molar-refractivity contribution in [1.82, 2.24) is 4.98 Å². The Morgan fingerprint density at radius 1 is 1.00 bits per heavy atom. The van der Waals surface area contributed by atoms with E-state index in [1.807, 2.05) is 6.20 Å². The number of aromatic amines is 1. The second kappa shape index (κ2) is 7.33. The number of aromatic nitrogens is 1. The molecule has 2 aromatic rings. The number of allylic oxidation sites excluding steroid dienone is 2. The van der Waals surface area contributed by atoms with Crippen molar-refractivity contribution < 1.29 is 44.0 Å². The Morgan fingerprint density at radius 2 is 1.75 bits per heavy atom. The van der Waals surface area contributed by atoms with E-state index in [1.165, 1.54) is 25.6 Å². The van der Waals surface area contributed by atoms with Crippen molar-refractivity contribution >= 4 is 14.0 Å². The largest absolute Gasteiger partial charge is 1.00 e. The topological polar surface area (TPSA) is 15.8 Å². The summed E-state index contributed by atoms with van der Waals surface area (Å²) in [6, 6.07) is 13.0. The van der Waals surface area contributed by atoms with Crippen molar-refractivity contribution in [3.63, 3.8) is 0 Å². The predicted octanol–water partition coefficient (Wildman–Crippen LogP) is -4.33. The van der Waals surface area contributed by atoms with E-state index in [-0.39, 0.29) is 44.0 Å². The van der Waals surface area contributed by atoms with Gasteiger partial charge < -0.3 is 24.8 Å². The van der Waals surface area contributed by atoms with Crippen molar-refractivity contribution in [2.24, 2.45) is 0 Å². The van der Waals surface area contributed by atoms with Gasteiger partial charge in [-0.05, 0) is 0 Å². The standard InChI is InChI=1S/C12H11.C4H4N.2ClH.Ti/c1-9(2)12-7-10-5-3-4-6-11(10)8-12;1-2-4-5-3-1;;;/h3-7H,1-2H3;1-3,5H;2*1H;/q;;;;+2/p-2. The van der Waals surface area contributed by atoms with Crippen LogP contribution in [0.1, 0.15) is 13.8 Å². The third-order valence-corrected chi connectivity index (χ3v) is 5.33. The van der Waals surface area contributed by atoms with Crippen LogP contribution in [0, 0.1) is 0 Å². The number of halogens is 2. The molecule has 1 N–H and O–H groups in total. The molecule has 0 saturated carbocycles. The number of H-pyrrole nitrogens is 1. The summed E-state index contributed by atoms with van der Waals surface area (Å²) in [4.78, 5) is 3.35. The Morgan fingerprint density at radius 3 is 2.40 bits per heavy atom. The second-order valence-electron chi connectivity index (χ2n) is 4.73. The van der Waals surface area contributed by atoms with Gasteiger partial charge in [-0.3, -0.25) is 0 Å². The average Bonchev–Trinajstić information content (AvgIpc) is 2.98. The van der Waals surface area contributed by atoms with Crippen molar-refractivity contribution in [3.8, 4) is 0 Å². The molecule has 1 aliphatic carbocycles. The average molecular weight is 340 g/mol. The zero-order valence-electron chi connectivity index (χ0n) is 11.4. The van der Waals surface area contributed by atoms with Gasteiger partial charge in [0.15, 0.2) is 0 Å². The predicted molar refractivity (Wildman–Crippen MR) is 72.4 cm³/mol. The summed E-state index contributed by atoms with van der Waals surface area (Å²) in [5, 5.41) is 2.81. The number of hydrogen-bond acceptors (Lipinski definition) is 0. The van der Waals surface area contributed by atoms with E-state index in [9.17, 15) is 0 Å². The Balaban J connectivity index is 0.000001000. The number of fused-ring (bicyclic) bond motifs is 1. The quantitative estimate of drug-likeness (QED) is 0.533. The van der Waals surface area contributed by atoms with Gasteiger partial charge in [-0.15, -0.1) is 0 Å². The third-order valence-electron chi connectivity index (χ3n) is 3.20. The molecule has 1 aromatic carbocycles. The van der Waals surface area contributed by atoms with Gasteiger partial charge in [0, 0.05) is 0 Å². The molecule has 0 fully saturated rings. The molecule has 102 valence electrons. The Labute approximate surface area is 140 Å². The molecule has 0 aliphatic heterocycles. The number of rotatable bonds is 2. The van der Waals surface area contributed by atoms with Crippen LogP contribution in [0.4, 0.5) is 0 Å². The summed E-state index contributed by atoms with van der Waals surface area (Å²) < 4.78 is 2.96. The first-order chi connectivity index (χ1) is 8.75. The minimum absolute atomic E-state index is 0. The van der Waals surface area contributed by atoms with E-state index in [4.69, 9.17) is 0 Å². The van der Waals surface area contributed by atoms with Crippen LogP contribution in [-0.2, 0) is 19.2 Å². The zero-order chi connectivity index (χ0) is 12.5. The Kier molecular flexibility index (Phi) is 6.35. The number of nitrogens with one attached hydrogen (secondary N) is 1. The molecule has 0 atom stereocenters. The van der Waals surface area contributed by atoms with Gasteiger partial charge in [-0.25, -0.2) is 0 Å². The van der Waals surface area contributed by atoms with Crippen molar-refractivity contribution in [2.75, 3.05) is 0 Å². The van der Waals surface area contributed by atoms with E-state index in [1.54, 1.807) is 3.88 Å². The molecule has 0 radical (unpaired) electrons.